The number of carbonyl (C=O) groups excluding carboxylic acids is 2. The second kappa shape index (κ2) is 12.0. The summed E-state index contributed by atoms with van der Waals surface area (Å²) in [6, 6.07) is 10.8. The smallest absolute Gasteiger partial charge is 0.465 e. The van der Waals surface area contributed by atoms with Crippen LogP contribution in [0.15, 0.2) is 47.0 Å². The number of rotatable bonds is 10. The van der Waals surface area contributed by atoms with Crippen LogP contribution in [0.25, 0.3) is 11.3 Å². The molecule has 0 saturated heterocycles. The highest BCUT2D eigenvalue weighted by Gasteiger charge is 2.52. The fourth-order valence-corrected chi connectivity index (χ4v) is 7.69. The van der Waals surface area contributed by atoms with E-state index in [1.807, 2.05) is 0 Å². The van der Waals surface area contributed by atoms with Crippen LogP contribution in [0.3, 0.4) is 0 Å². The summed E-state index contributed by atoms with van der Waals surface area (Å²) in [6.07, 6.45) is 3.82. The zero-order valence-corrected chi connectivity index (χ0v) is 26.0. The number of alkyl halides is 3. The first-order valence-corrected chi connectivity index (χ1v) is 15.8. The van der Waals surface area contributed by atoms with Crippen molar-refractivity contribution in [1.29, 1.82) is 0 Å². The third-order valence-corrected chi connectivity index (χ3v) is 10.3. The van der Waals surface area contributed by atoms with Crippen LogP contribution in [0.5, 0.6) is 5.75 Å². The number of hydrogen-bond donors (Lipinski definition) is 1. The molecule has 45 heavy (non-hydrogen) atoms. The van der Waals surface area contributed by atoms with Crippen molar-refractivity contribution < 1.29 is 36.8 Å². The minimum Gasteiger partial charge on any atom is -0.465 e. The molecule has 0 aliphatic heterocycles. The van der Waals surface area contributed by atoms with Gasteiger partial charge >= 0.3 is 12.3 Å². The second-order valence-electron chi connectivity index (χ2n) is 13.1. The number of ether oxygens (including phenoxy) is 2. The molecule has 2 aromatic carbocycles. The molecule has 4 fully saturated rings. The van der Waals surface area contributed by atoms with E-state index in [2.05, 4.69) is 22.1 Å². The summed E-state index contributed by atoms with van der Waals surface area (Å²) >= 11 is 6.38. The van der Waals surface area contributed by atoms with E-state index in [-0.39, 0.29) is 39.5 Å². The maximum Gasteiger partial charge on any atom is 0.573 e. The number of methoxy groups -OCH3 is 1. The van der Waals surface area contributed by atoms with Gasteiger partial charge in [0.25, 0.3) is 0 Å². The van der Waals surface area contributed by atoms with E-state index in [9.17, 15) is 22.8 Å². The first-order valence-electron chi connectivity index (χ1n) is 15.4. The van der Waals surface area contributed by atoms with Gasteiger partial charge in [-0.15, -0.1) is 13.2 Å². The number of para-hydroxylation sites is 1. The number of amides is 1. The van der Waals surface area contributed by atoms with Crippen molar-refractivity contribution in [2.45, 2.75) is 83.4 Å². The van der Waals surface area contributed by atoms with Gasteiger partial charge < -0.3 is 19.3 Å². The number of nitrogens with zero attached hydrogens (tertiary/aromatic N) is 1. The van der Waals surface area contributed by atoms with Crippen LogP contribution in [0, 0.1) is 16.7 Å². The number of halogens is 4. The van der Waals surface area contributed by atoms with Gasteiger partial charge in [0, 0.05) is 22.5 Å². The quantitative estimate of drug-likeness (QED) is 0.221. The van der Waals surface area contributed by atoms with Crippen molar-refractivity contribution >= 4 is 29.2 Å². The van der Waals surface area contributed by atoms with E-state index < -0.39 is 17.7 Å². The minimum absolute atomic E-state index is 0.0421. The molecule has 1 heterocycles. The van der Waals surface area contributed by atoms with E-state index in [1.54, 1.807) is 24.3 Å². The molecule has 0 unspecified atom stereocenters. The van der Waals surface area contributed by atoms with E-state index >= 15 is 0 Å². The fourth-order valence-electron chi connectivity index (χ4n) is 7.46. The molecule has 4 aliphatic rings. The van der Waals surface area contributed by atoms with Gasteiger partial charge in [0.15, 0.2) is 0 Å². The first kappa shape index (κ1) is 31.5. The van der Waals surface area contributed by atoms with Crippen molar-refractivity contribution in [2.24, 2.45) is 16.7 Å². The predicted octanol–water partition coefficient (Wildman–Crippen LogP) is 9.11. The van der Waals surface area contributed by atoms with Crippen LogP contribution < -0.4 is 10.1 Å². The Kier molecular flexibility index (Phi) is 8.39. The number of benzene rings is 2. The van der Waals surface area contributed by atoms with Crippen molar-refractivity contribution in [3.63, 3.8) is 0 Å². The zero-order valence-electron chi connectivity index (χ0n) is 25.3. The molecule has 1 amide bonds. The lowest BCUT2D eigenvalue weighted by molar-refractivity contribution is -0.274. The second-order valence-corrected chi connectivity index (χ2v) is 13.5. The van der Waals surface area contributed by atoms with Crippen LogP contribution >= 0.6 is 11.6 Å². The molecule has 240 valence electrons. The zero-order chi connectivity index (χ0) is 32.0. The monoisotopic (exact) mass is 644 g/mol. The van der Waals surface area contributed by atoms with Crippen LogP contribution in [-0.4, -0.2) is 30.5 Å². The van der Waals surface area contributed by atoms with Crippen molar-refractivity contribution in [1.82, 2.24) is 5.16 Å². The van der Waals surface area contributed by atoms with E-state index in [0.717, 1.165) is 69.1 Å². The molecule has 7 nitrogen and oxygen atoms in total. The van der Waals surface area contributed by atoms with Crippen molar-refractivity contribution in [2.75, 3.05) is 12.4 Å². The number of fused-ring (bicyclic) bond motifs is 3. The van der Waals surface area contributed by atoms with Gasteiger partial charge in [0.05, 0.1) is 23.4 Å². The predicted molar refractivity (Wildman–Crippen MR) is 162 cm³/mol. The maximum atomic E-state index is 13.5. The summed E-state index contributed by atoms with van der Waals surface area (Å²) in [4.78, 5) is 25.4. The number of hydrogen-bond acceptors (Lipinski definition) is 6. The Labute approximate surface area is 264 Å². The van der Waals surface area contributed by atoms with E-state index in [4.69, 9.17) is 20.9 Å². The summed E-state index contributed by atoms with van der Waals surface area (Å²) < 4.78 is 54.4. The summed E-state index contributed by atoms with van der Waals surface area (Å²) in [7, 11) is 1.30. The van der Waals surface area contributed by atoms with Gasteiger partial charge in [-0.3, -0.25) is 4.79 Å². The van der Waals surface area contributed by atoms with E-state index in [1.165, 1.54) is 25.3 Å². The van der Waals surface area contributed by atoms with Gasteiger partial charge in [0.1, 0.15) is 17.2 Å². The number of aromatic nitrogens is 1. The lowest BCUT2D eigenvalue weighted by Crippen LogP contribution is -2.48. The molecular formula is C34H36ClF3N2O5. The summed E-state index contributed by atoms with van der Waals surface area (Å²) in [5.41, 5.74) is 2.00. The van der Waals surface area contributed by atoms with Gasteiger partial charge in [-0.25, -0.2) is 4.79 Å². The molecule has 4 aliphatic carbocycles. The Bertz CT molecular complexity index is 1570. The normalized spacial score (nSPS) is 23.4. The molecule has 0 spiro atoms. The van der Waals surface area contributed by atoms with Gasteiger partial charge in [-0.1, -0.05) is 35.8 Å². The average Bonchev–Trinajstić information content (AvgIpc) is 3.78. The highest BCUT2D eigenvalue weighted by molar-refractivity contribution is 6.34. The maximum absolute atomic E-state index is 13.5. The lowest BCUT2D eigenvalue weighted by Gasteiger charge is -2.53. The Morgan fingerprint density at radius 3 is 2.40 bits per heavy atom. The Balaban J connectivity index is 1.13. The van der Waals surface area contributed by atoms with Crippen LogP contribution in [0.4, 0.5) is 18.9 Å². The van der Waals surface area contributed by atoms with Crippen LogP contribution in [-0.2, 0) is 16.0 Å². The third kappa shape index (κ3) is 6.57. The minimum atomic E-state index is -4.82. The molecule has 0 radical (unpaired) electrons. The van der Waals surface area contributed by atoms with Crippen molar-refractivity contribution in [3.05, 3.63) is 64.4 Å². The molecule has 1 aromatic heterocycles. The molecule has 3 aromatic rings. The molecule has 1 N–H and O–H groups in total. The highest BCUT2D eigenvalue weighted by atomic mass is 35.5. The summed E-state index contributed by atoms with van der Waals surface area (Å²) in [5.74, 6) is 0.418. The SMILES string of the molecule is COC(=O)c1ccc(NC(=O)C23CCC(C[C@@H](C)Cc4c(-c5ccccc5OC(F)(F)F)noc4C4CC4)(CC2)CC3)c(Cl)c1. The van der Waals surface area contributed by atoms with Gasteiger partial charge in [0.2, 0.25) is 5.91 Å². The number of carbonyl (C=O) groups is 2. The summed E-state index contributed by atoms with van der Waals surface area (Å²) in [6.45, 7) is 2.18. The average molecular weight is 645 g/mol. The molecule has 2 bridgehead atoms. The third-order valence-electron chi connectivity index (χ3n) is 9.99. The molecule has 7 rings (SSSR count). The molecular weight excluding hydrogens is 609 g/mol. The van der Waals surface area contributed by atoms with Gasteiger partial charge in [-0.2, -0.15) is 0 Å². The van der Waals surface area contributed by atoms with Crippen LogP contribution in [0.2, 0.25) is 5.02 Å². The summed E-state index contributed by atoms with van der Waals surface area (Å²) in [5, 5.41) is 7.56. The lowest BCUT2D eigenvalue weighted by atomic mass is 9.51. The number of anilines is 1. The largest absolute Gasteiger partial charge is 0.573 e. The number of esters is 1. The van der Waals surface area contributed by atoms with Gasteiger partial charge in [-0.05, 0) is 106 Å². The highest BCUT2D eigenvalue weighted by Crippen LogP contribution is 2.60. The number of nitrogens with one attached hydrogen (secondary N) is 1. The first-order chi connectivity index (χ1) is 21.4. The topological polar surface area (TPSA) is 90.7 Å². The Morgan fingerprint density at radius 1 is 1.09 bits per heavy atom. The van der Waals surface area contributed by atoms with E-state index in [0.29, 0.717) is 23.4 Å². The van der Waals surface area contributed by atoms with Crippen LogP contribution in [0.1, 0.15) is 92.3 Å². The standard InChI is InChI=1S/C34H36ClF3N2O5/c1-20(17-24-28(40-45-29(24)21-7-8-21)23-5-3-4-6-27(23)44-34(36,37)38)19-32-11-14-33(15-12-32,16-13-32)31(42)39-26-10-9-22(18-25(26)35)30(41)43-2/h3-6,9-10,18,20-21H,7-8,11-17,19H2,1-2H3,(H,39,42)/t20-,32?,33?/m0/s1. The molecule has 11 heteroatoms. The molecule has 4 saturated carbocycles. The van der Waals surface area contributed by atoms with Crippen molar-refractivity contribution in [3.8, 4) is 17.0 Å². The fraction of sp³-hybridized carbons (Fsp3) is 0.500. The molecule has 1 atom stereocenters. The Morgan fingerprint density at radius 2 is 1.78 bits per heavy atom. The Hall–Kier alpha value is -3.53.